The van der Waals surface area contributed by atoms with Crippen molar-refractivity contribution < 1.29 is 13.6 Å². The Hall–Kier alpha value is -2.27. The first-order chi connectivity index (χ1) is 11.6. The number of carbonyl (C=O) groups is 1. The molecule has 0 atom stereocenters. The van der Waals surface area contributed by atoms with Crippen molar-refractivity contribution in [3.63, 3.8) is 0 Å². The number of carbonyl (C=O) groups excluding carboxylic acids is 1. The van der Waals surface area contributed by atoms with Crippen LogP contribution in [-0.2, 0) is 17.9 Å². The van der Waals surface area contributed by atoms with E-state index in [0.29, 0.717) is 44.7 Å². The molecule has 1 amide bonds. The van der Waals surface area contributed by atoms with Crippen molar-refractivity contribution in [3.05, 3.63) is 71.3 Å². The smallest absolute Gasteiger partial charge is 0.224 e. The summed E-state index contributed by atoms with van der Waals surface area (Å²) in [7, 11) is 0. The molecule has 1 fully saturated rings. The molecule has 1 aliphatic heterocycles. The lowest BCUT2D eigenvalue weighted by Crippen LogP contribution is -2.32. The second-order valence-corrected chi connectivity index (χ2v) is 6.10. The van der Waals surface area contributed by atoms with Crippen molar-refractivity contribution in [2.75, 3.05) is 19.6 Å². The maximum absolute atomic E-state index is 13.3. The predicted molar refractivity (Wildman–Crippen MR) is 88.1 cm³/mol. The van der Waals surface area contributed by atoms with Gasteiger partial charge in [0.2, 0.25) is 5.91 Å². The van der Waals surface area contributed by atoms with Gasteiger partial charge in [0.05, 0.1) is 0 Å². The molecule has 3 rings (SSSR count). The van der Waals surface area contributed by atoms with Gasteiger partial charge >= 0.3 is 0 Å². The van der Waals surface area contributed by atoms with Crippen LogP contribution in [0.4, 0.5) is 8.78 Å². The minimum Gasteiger partial charge on any atom is -0.337 e. The number of hydrogen-bond acceptors (Lipinski definition) is 2. The molecule has 5 heteroatoms. The minimum atomic E-state index is -0.568. The van der Waals surface area contributed by atoms with E-state index in [1.807, 2.05) is 35.2 Å². The van der Waals surface area contributed by atoms with E-state index in [-0.39, 0.29) is 5.91 Å². The highest BCUT2D eigenvalue weighted by atomic mass is 19.1. The van der Waals surface area contributed by atoms with Crippen molar-refractivity contribution in [1.29, 1.82) is 0 Å². The summed E-state index contributed by atoms with van der Waals surface area (Å²) in [4.78, 5) is 16.2. The molecule has 1 heterocycles. The van der Waals surface area contributed by atoms with Crippen LogP contribution in [0.3, 0.4) is 0 Å². The van der Waals surface area contributed by atoms with Crippen LogP contribution in [0.1, 0.15) is 17.5 Å². The Labute approximate surface area is 140 Å². The summed E-state index contributed by atoms with van der Waals surface area (Å²) in [6.45, 7) is 2.95. The molecule has 1 saturated heterocycles. The van der Waals surface area contributed by atoms with Crippen molar-refractivity contribution in [2.24, 2.45) is 0 Å². The van der Waals surface area contributed by atoms with Crippen LogP contribution in [0.2, 0.25) is 0 Å². The lowest BCUT2D eigenvalue weighted by atomic mass is 10.2. The first-order valence-corrected chi connectivity index (χ1v) is 8.09. The van der Waals surface area contributed by atoms with E-state index >= 15 is 0 Å². The Bertz CT molecular complexity index is 686. The number of rotatable bonds is 4. The van der Waals surface area contributed by atoms with E-state index in [0.717, 1.165) is 11.6 Å². The van der Waals surface area contributed by atoms with Gasteiger partial charge in [-0.2, -0.15) is 0 Å². The second-order valence-electron chi connectivity index (χ2n) is 6.10. The van der Waals surface area contributed by atoms with Gasteiger partial charge < -0.3 is 4.90 Å². The molecule has 1 aliphatic rings. The minimum absolute atomic E-state index is 0.117. The van der Waals surface area contributed by atoms with Crippen molar-refractivity contribution in [1.82, 2.24) is 9.80 Å². The van der Waals surface area contributed by atoms with Crippen LogP contribution in [0.15, 0.2) is 48.5 Å². The first kappa shape index (κ1) is 16.6. The van der Waals surface area contributed by atoms with Gasteiger partial charge in [-0.3, -0.25) is 9.69 Å². The molecular weight excluding hydrogens is 310 g/mol. The molecule has 0 aromatic heterocycles. The summed E-state index contributed by atoms with van der Waals surface area (Å²) in [6, 6.07) is 13.4. The van der Waals surface area contributed by atoms with Gasteiger partial charge in [-0.25, -0.2) is 8.78 Å². The third kappa shape index (κ3) is 4.38. The Balaban J connectivity index is 1.62. The Kier molecular flexibility index (Phi) is 5.20. The molecule has 24 heavy (non-hydrogen) atoms. The summed E-state index contributed by atoms with van der Waals surface area (Å²) in [6.07, 6.45) is 0.421. The molecule has 3 nitrogen and oxygen atoms in total. The van der Waals surface area contributed by atoms with Gasteiger partial charge in [0.25, 0.3) is 0 Å². The molecule has 0 N–H and O–H groups in total. The Morgan fingerprint density at radius 2 is 1.54 bits per heavy atom. The predicted octanol–water partition coefficient (Wildman–Crippen LogP) is 3.20. The van der Waals surface area contributed by atoms with E-state index in [9.17, 15) is 13.6 Å². The molecule has 126 valence electrons. The van der Waals surface area contributed by atoms with E-state index in [4.69, 9.17) is 0 Å². The quantitative estimate of drug-likeness (QED) is 0.859. The van der Waals surface area contributed by atoms with Crippen LogP contribution in [0.5, 0.6) is 0 Å². The van der Waals surface area contributed by atoms with E-state index in [1.165, 1.54) is 12.1 Å². The summed E-state index contributed by atoms with van der Waals surface area (Å²) >= 11 is 0. The average molecular weight is 330 g/mol. The third-order valence-corrected chi connectivity index (χ3v) is 4.23. The van der Waals surface area contributed by atoms with Crippen molar-refractivity contribution in [2.45, 2.75) is 19.5 Å². The highest BCUT2D eigenvalue weighted by Gasteiger charge is 2.21. The molecule has 0 unspecified atom stereocenters. The standard InChI is InChI=1S/C19H20F2N2O/c20-17-10-16(11-18(21)12-17)13-22-7-6-19(24)23(9-8-22)14-15-4-2-1-3-5-15/h1-5,10-12H,6-9,13-14H2. The highest BCUT2D eigenvalue weighted by molar-refractivity contribution is 5.76. The Morgan fingerprint density at radius 3 is 2.25 bits per heavy atom. The molecule has 2 aromatic rings. The first-order valence-electron chi connectivity index (χ1n) is 8.09. The zero-order chi connectivity index (χ0) is 16.9. The molecular formula is C19H20F2N2O. The van der Waals surface area contributed by atoms with Crippen LogP contribution < -0.4 is 0 Å². The number of nitrogens with zero attached hydrogens (tertiary/aromatic N) is 2. The number of hydrogen-bond donors (Lipinski definition) is 0. The van der Waals surface area contributed by atoms with Gasteiger partial charge in [-0.05, 0) is 23.3 Å². The lowest BCUT2D eigenvalue weighted by Gasteiger charge is -2.22. The van der Waals surface area contributed by atoms with Crippen LogP contribution in [-0.4, -0.2) is 35.3 Å². The molecule has 0 bridgehead atoms. The summed E-state index contributed by atoms with van der Waals surface area (Å²) in [5, 5.41) is 0. The second kappa shape index (κ2) is 7.53. The Morgan fingerprint density at radius 1 is 0.833 bits per heavy atom. The average Bonchev–Trinajstić information content (AvgIpc) is 2.71. The lowest BCUT2D eigenvalue weighted by molar-refractivity contribution is -0.130. The summed E-state index contributed by atoms with van der Waals surface area (Å²) < 4.78 is 26.6. The maximum Gasteiger partial charge on any atom is 0.224 e. The molecule has 0 saturated carbocycles. The largest absolute Gasteiger partial charge is 0.337 e. The normalized spacial score (nSPS) is 16.2. The van der Waals surface area contributed by atoms with Gasteiger partial charge in [0, 0.05) is 45.2 Å². The number of benzene rings is 2. The molecule has 0 aliphatic carbocycles. The molecule has 0 spiro atoms. The van der Waals surface area contributed by atoms with Crippen molar-refractivity contribution in [3.8, 4) is 0 Å². The monoisotopic (exact) mass is 330 g/mol. The summed E-state index contributed by atoms with van der Waals surface area (Å²) in [5.41, 5.74) is 1.70. The van der Waals surface area contributed by atoms with Gasteiger partial charge in [0.15, 0.2) is 0 Å². The van der Waals surface area contributed by atoms with E-state index in [1.54, 1.807) is 0 Å². The molecule has 0 radical (unpaired) electrons. The fourth-order valence-corrected chi connectivity index (χ4v) is 3.00. The van der Waals surface area contributed by atoms with Gasteiger partial charge in [-0.15, -0.1) is 0 Å². The zero-order valence-corrected chi connectivity index (χ0v) is 13.4. The van der Waals surface area contributed by atoms with E-state index < -0.39 is 11.6 Å². The van der Waals surface area contributed by atoms with Gasteiger partial charge in [-0.1, -0.05) is 30.3 Å². The molecule has 2 aromatic carbocycles. The highest BCUT2D eigenvalue weighted by Crippen LogP contribution is 2.14. The maximum atomic E-state index is 13.3. The van der Waals surface area contributed by atoms with Gasteiger partial charge in [0.1, 0.15) is 11.6 Å². The summed E-state index contributed by atoms with van der Waals surface area (Å²) in [5.74, 6) is -1.02. The number of amides is 1. The number of halogens is 2. The van der Waals surface area contributed by atoms with E-state index in [2.05, 4.69) is 4.90 Å². The fourth-order valence-electron chi connectivity index (χ4n) is 3.00. The van der Waals surface area contributed by atoms with Crippen molar-refractivity contribution >= 4 is 5.91 Å². The third-order valence-electron chi connectivity index (χ3n) is 4.23. The SMILES string of the molecule is O=C1CCN(Cc2cc(F)cc(F)c2)CCN1Cc1ccccc1. The van der Waals surface area contributed by atoms with Crippen LogP contribution in [0.25, 0.3) is 0 Å². The fraction of sp³-hybridized carbons (Fsp3) is 0.316. The zero-order valence-electron chi connectivity index (χ0n) is 13.4. The van der Waals surface area contributed by atoms with Crippen LogP contribution >= 0.6 is 0 Å². The topological polar surface area (TPSA) is 23.6 Å². The van der Waals surface area contributed by atoms with Crippen LogP contribution in [0, 0.1) is 11.6 Å².